The van der Waals surface area contributed by atoms with E-state index >= 15 is 0 Å². The van der Waals surface area contributed by atoms with Crippen LogP contribution in [0, 0.1) is 6.92 Å². The molecule has 3 nitrogen and oxygen atoms in total. The first kappa shape index (κ1) is 13.6. The molecule has 98 valence electrons. The van der Waals surface area contributed by atoms with Crippen LogP contribution in [0.5, 0.6) is 5.75 Å². The van der Waals surface area contributed by atoms with Crippen LogP contribution in [0.25, 0.3) is 0 Å². The van der Waals surface area contributed by atoms with Crippen molar-refractivity contribution in [3.8, 4) is 5.75 Å². The number of phenols is 1. The number of hydrogen-bond donors (Lipinski definition) is 2. The second-order valence-electron chi connectivity index (χ2n) is 4.79. The largest absolute Gasteiger partial charge is 0.506 e. The van der Waals surface area contributed by atoms with Gasteiger partial charge < -0.3 is 10.8 Å². The molecule has 0 bridgehead atoms. The molecule has 1 aromatic rings. The maximum Gasteiger partial charge on any atom is 0.168 e. The molecule has 0 aromatic heterocycles. The zero-order chi connectivity index (χ0) is 13.3. The molecule has 2 rings (SSSR count). The Balaban J connectivity index is 2.60. The standard InChI is InChI=1S/C14H18BrNO2/c1-8-9-4-2-3-5-10(9)13(15)14(18)12(8)11(17)6-7-16/h18H,2-7,16H2,1H3. The molecule has 18 heavy (non-hydrogen) atoms. The maximum atomic E-state index is 12.1. The number of hydrogen-bond acceptors (Lipinski definition) is 3. The third-order valence-corrected chi connectivity index (χ3v) is 4.51. The summed E-state index contributed by atoms with van der Waals surface area (Å²) in [6, 6.07) is 0. The summed E-state index contributed by atoms with van der Waals surface area (Å²) >= 11 is 3.44. The van der Waals surface area contributed by atoms with Crippen molar-refractivity contribution < 1.29 is 9.90 Å². The Morgan fingerprint density at radius 2 is 1.94 bits per heavy atom. The van der Waals surface area contributed by atoms with E-state index in [1.807, 2.05) is 6.92 Å². The van der Waals surface area contributed by atoms with Gasteiger partial charge in [-0.05, 0) is 71.8 Å². The summed E-state index contributed by atoms with van der Waals surface area (Å²) in [7, 11) is 0. The zero-order valence-electron chi connectivity index (χ0n) is 10.6. The van der Waals surface area contributed by atoms with E-state index in [9.17, 15) is 9.90 Å². The second kappa shape index (κ2) is 5.41. The van der Waals surface area contributed by atoms with Crippen LogP contribution in [0.1, 0.15) is 46.3 Å². The minimum absolute atomic E-state index is 0.0680. The van der Waals surface area contributed by atoms with E-state index < -0.39 is 0 Å². The molecule has 0 aliphatic heterocycles. The van der Waals surface area contributed by atoms with Crippen molar-refractivity contribution in [3.05, 3.63) is 26.7 Å². The summed E-state index contributed by atoms with van der Waals surface area (Å²) in [5.74, 6) is 0.0215. The van der Waals surface area contributed by atoms with Gasteiger partial charge in [-0.3, -0.25) is 4.79 Å². The number of carbonyl (C=O) groups is 1. The van der Waals surface area contributed by atoms with Crippen LogP contribution in [0.4, 0.5) is 0 Å². The number of nitrogens with two attached hydrogens (primary N) is 1. The van der Waals surface area contributed by atoms with Crippen molar-refractivity contribution >= 4 is 21.7 Å². The molecule has 0 unspecified atom stereocenters. The quantitative estimate of drug-likeness (QED) is 0.844. The lowest BCUT2D eigenvalue weighted by molar-refractivity contribution is 0.0982. The third kappa shape index (κ3) is 2.19. The summed E-state index contributed by atoms with van der Waals surface area (Å²) in [6.45, 7) is 2.24. The molecule has 0 radical (unpaired) electrons. The fourth-order valence-electron chi connectivity index (χ4n) is 2.74. The molecule has 0 amide bonds. The van der Waals surface area contributed by atoms with Crippen molar-refractivity contribution in [2.45, 2.75) is 39.0 Å². The predicted molar refractivity (Wildman–Crippen MR) is 75.2 cm³/mol. The van der Waals surface area contributed by atoms with Gasteiger partial charge in [-0.2, -0.15) is 0 Å². The van der Waals surface area contributed by atoms with Gasteiger partial charge in [0, 0.05) is 6.42 Å². The van der Waals surface area contributed by atoms with Crippen LogP contribution in [-0.2, 0) is 12.8 Å². The first-order valence-corrected chi connectivity index (χ1v) is 7.13. The monoisotopic (exact) mass is 311 g/mol. The highest BCUT2D eigenvalue weighted by Crippen LogP contribution is 2.40. The first-order chi connectivity index (χ1) is 8.57. The molecule has 1 aliphatic rings. The molecule has 0 spiro atoms. The van der Waals surface area contributed by atoms with E-state index in [0.717, 1.165) is 31.2 Å². The highest BCUT2D eigenvalue weighted by atomic mass is 79.9. The molecule has 0 saturated heterocycles. The molecule has 1 aromatic carbocycles. The van der Waals surface area contributed by atoms with Crippen molar-refractivity contribution in [2.75, 3.05) is 6.54 Å². The summed E-state index contributed by atoms with van der Waals surface area (Å²) in [5.41, 5.74) is 9.21. The van der Waals surface area contributed by atoms with Gasteiger partial charge in [0.2, 0.25) is 0 Å². The molecule has 1 aliphatic carbocycles. The maximum absolute atomic E-state index is 12.1. The van der Waals surface area contributed by atoms with Crippen LogP contribution in [-0.4, -0.2) is 17.4 Å². The number of benzene rings is 1. The zero-order valence-corrected chi connectivity index (χ0v) is 12.1. The first-order valence-electron chi connectivity index (χ1n) is 6.34. The van der Waals surface area contributed by atoms with Gasteiger partial charge in [0.1, 0.15) is 5.75 Å². The van der Waals surface area contributed by atoms with Crippen molar-refractivity contribution in [2.24, 2.45) is 5.73 Å². The number of fused-ring (bicyclic) bond motifs is 1. The summed E-state index contributed by atoms with van der Waals surface area (Å²) < 4.78 is 0.697. The van der Waals surface area contributed by atoms with Gasteiger partial charge >= 0.3 is 0 Å². The average Bonchev–Trinajstić information content (AvgIpc) is 2.37. The summed E-state index contributed by atoms with van der Waals surface area (Å²) in [4.78, 5) is 12.1. The van der Waals surface area contributed by atoms with E-state index in [-0.39, 0.29) is 18.0 Å². The fraction of sp³-hybridized carbons (Fsp3) is 0.500. The van der Waals surface area contributed by atoms with Gasteiger partial charge in [0.15, 0.2) is 5.78 Å². The Morgan fingerprint density at radius 3 is 2.56 bits per heavy atom. The van der Waals surface area contributed by atoms with Gasteiger partial charge in [0.05, 0.1) is 10.0 Å². The lowest BCUT2D eigenvalue weighted by Crippen LogP contribution is -2.14. The number of aromatic hydroxyl groups is 1. The van der Waals surface area contributed by atoms with Crippen molar-refractivity contribution in [3.63, 3.8) is 0 Å². The normalized spacial score (nSPS) is 14.4. The average molecular weight is 312 g/mol. The topological polar surface area (TPSA) is 63.3 Å². The number of halogens is 1. The minimum atomic E-state index is -0.0680. The SMILES string of the molecule is Cc1c2c(c(Br)c(O)c1C(=O)CCN)CCCC2. The number of phenolic OH excluding ortho intramolecular Hbond substituents is 1. The number of rotatable bonds is 3. The highest BCUT2D eigenvalue weighted by molar-refractivity contribution is 9.10. The van der Waals surface area contributed by atoms with Crippen molar-refractivity contribution in [1.29, 1.82) is 0 Å². The van der Waals surface area contributed by atoms with E-state index in [1.54, 1.807) is 0 Å². The highest BCUT2D eigenvalue weighted by Gasteiger charge is 2.25. The predicted octanol–water partition coefficient (Wildman–Crippen LogP) is 2.87. The Bertz CT molecular complexity index is 497. The molecule has 0 saturated carbocycles. The molecular formula is C14H18BrNO2. The van der Waals surface area contributed by atoms with Crippen LogP contribution in [0.2, 0.25) is 0 Å². The molecular weight excluding hydrogens is 294 g/mol. The molecule has 0 heterocycles. The lowest BCUT2D eigenvalue weighted by Gasteiger charge is -2.23. The second-order valence-corrected chi connectivity index (χ2v) is 5.58. The Labute approximate surface area is 116 Å². The fourth-order valence-corrected chi connectivity index (χ4v) is 3.38. The molecule has 3 N–H and O–H groups in total. The Kier molecular flexibility index (Phi) is 4.07. The molecule has 0 atom stereocenters. The van der Waals surface area contributed by atoms with Crippen molar-refractivity contribution in [1.82, 2.24) is 0 Å². The van der Waals surface area contributed by atoms with Gasteiger partial charge in [-0.25, -0.2) is 0 Å². The van der Waals surface area contributed by atoms with Gasteiger partial charge in [0.25, 0.3) is 0 Å². The van der Waals surface area contributed by atoms with Gasteiger partial charge in [-0.1, -0.05) is 0 Å². The Morgan fingerprint density at radius 1 is 1.33 bits per heavy atom. The number of carbonyl (C=O) groups excluding carboxylic acids is 1. The smallest absolute Gasteiger partial charge is 0.168 e. The minimum Gasteiger partial charge on any atom is -0.506 e. The van der Waals surface area contributed by atoms with Crippen LogP contribution in [0.15, 0.2) is 4.47 Å². The summed E-state index contributed by atoms with van der Waals surface area (Å²) in [6.07, 6.45) is 4.52. The van der Waals surface area contributed by atoms with E-state index in [1.165, 1.54) is 11.1 Å². The third-order valence-electron chi connectivity index (χ3n) is 3.66. The molecule has 4 heteroatoms. The number of Topliss-reactive ketones (excluding diaryl/α,β-unsaturated/α-hetero) is 1. The summed E-state index contributed by atoms with van der Waals surface area (Å²) in [5, 5.41) is 10.2. The van der Waals surface area contributed by atoms with E-state index in [2.05, 4.69) is 15.9 Å². The van der Waals surface area contributed by atoms with Crippen LogP contribution < -0.4 is 5.73 Å². The van der Waals surface area contributed by atoms with Crippen LogP contribution >= 0.6 is 15.9 Å². The lowest BCUT2D eigenvalue weighted by atomic mass is 9.84. The number of ketones is 1. The van der Waals surface area contributed by atoms with E-state index in [4.69, 9.17) is 5.73 Å². The van der Waals surface area contributed by atoms with E-state index in [0.29, 0.717) is 16.6 Å². The van der Waals surface area contributed by atoms with Crippen LogP contribution in [0.3, 0.4) is 0 Å². The Hall–Kier alpha value is -0.870. The van der Waals surface area contributed by atoms with Gasteiger partial charge in [-0.15, -0.1) is 0 Å². The molecule has 0 fully saturated rings.